The highest BCUT2D eigenvalue weighted by Gasteiger charge is 2.32. The topological polar surface area (TPSA) is 61.4 Å². The minimum Gasteiger partial charge on any atom is -0.388 e. The van der Waals surface area contributed by atoms with Gasteiger partial charge >= 0.3 is 6.03 Å². The molecule has 1 aromatic rings. The number of rotatable bonds is 3. The fourth-order valence-corrected chi connectivity index (χ4v) is 3.84. The van der Waals surface area contributed by atoms with Crippen LogP contribution in [0.25, 0.3) is 0 Å². The Morgan fingerprint density at radius 3 is 2.57 bits per heavy atom. The van der Waals surface area contributed by atoms with Gasteiger partial charge in [-0.25, -0.2) is 4.79 Å². The van der Waals surface area contributed by atoms with Crippen molar-refractivity contribution in [2.45, 2.75) is 69.4 Å². The van der Waals surface area contributed by atoms with Crippen molar-refractivity contribution < 1.29 is 9.90 Å². The molecular formula is C19H28N2O2. The molecule has 0 bridgehead atoms. The Balaban J connectivity index is 1.48. The van der Waals surface area contributed by atoms with Gasteiger partial charge in [0.25, 0.3) is 0 Å². The van der Waals surface area contributed by atoms with Crippen molar-refractivity contribution in [1.82, 2.24) is 10.6 Å². The van der Waals surface area contributed by atoms with Crippen LogP contribution in [0.2, 0.25) is 0 Å². The van der Waals surface area contributed by atoms with Crippen LogP contribution in [0.5, 0.6) is 0 Å². The molecule has 2 aliphatic rings. The maximum Gasteiger partial charge on any atom is 0.315 e. The lowest BCUT2D eigenvalue weighted by molar-refractivity contribution is 0.0290. The molecular weight excluding hydrogens is 288 g/mol. The van der Waals surface area contributed by atoms with Crippen LogP contribution in [0.3, 0.4) is 0 Å². The number of aliphatic hydroxyl groups is 1. The van der Waals surface area contributed by atoms with Gasteiger partial charge in [0.05, 0.1) is 5.60 Å². The number of fused-ring (bicyclic) bond motifs is 1. The number of carbonyl (C=O) groups excluding carboxylic acids is 1. The van der Waals surface area contributed by atoms with Crippen LogP contribution < -0.4 is 10.6 Å². The Labute approximate surface area is 138 Å². The van der Waals surface area contributed by atoms with Gasteiger partial charge < -0.3 is 15.7 Å². The fraction of sp³-hybridized carbons (Fsp3) is 0.632. The summed E-state index contributed by atoms with van der Waals surface area (Å²) in [6.45, 7) is 0.319. The second kappa shape index (κ2) is 7.35. The van der Waals surface area contributed by atoms with E-state index in [1.165, 1.54) is 36.8 Å². The summed E-state index contributed by atoms with van der Waals surface area (Å²) in [7, 11) is 0. The summed E-state index contributed by atoms with van der Waals surface area (Å²) < 4.78 is 0. The average Bonchev–Trinajstić information content (AvgIpc) is 2.82. The SMILES string of the molecule is O=C(NCC1(O)CCc2ccccc2C1)NC1CCCCCC1. The molecule has 2 aliphatic carbocycles. The van der Waals surface area contributed by atoms with Crippen LogP contribution >= 0.6 is 0 Å². The third kappa shape index (κ3) is 4.47. The van der Waals surface area contributed by atoms with Gasteiger partial charge in [-0.15, -0.1) is 0 Å². The average molecular weight is 316 g/mol. The number of nitrogens with one attached hydrogen (secondary N) is 2. The van der Waals surface area contributed by atoms with Gasteiger partial charge in [-0.3, -0.25) is 0 Å². The molecule has 3 rings (SSSR count). The first kappa shape index (κ1) is 16.3. The zero-order chi connectivity index (χ0) is 16.1. The number of hydrogen-bond acceptors (Lipinski definition) is 2. The van der Waals surface area contributed by atoms with E-state index in [1.54, 1.807) is 0 Å². The summed E-state index contributed by atoms with van der Waals surface area (Å²) in [5.41, 5.74) is 1.70. The lowest BCUT2D eigenvalue weighted by atomic mass is 9.80. The van der Waals surface area contributed by atoms with Crippen molar-refractivity contribution in [3.8, 4) is 0 Å². The van der Waals surface area contributed by atoms with Gasteiger partial charge in [-0.05, 0) is 36.8 Å². The molecule has 0 heterocycles. The monoisotopic (exact) mass is 316 g/mol. The van der Waals surface area contributed by atoms with Crippen molar-refractivity contribution in [3.63, 3.8) is 0 Å². The van der Waals surface area contributed by atoms with Crippen LogP contribution in [0.15, 0.2) is 24.3 Å². The van der Waals surface area contributed by atoms with E-state index in [2.05, 4.69) is 22.8 Å². The molecule has 1 saturated carbocycles. The molecule has 1 atom stereocenters. The highest BCUT2D eigenvalue weighted by atomic mass is 16.3. The minimum absolute atomic E-state index is 0.135. The van der Waals surface area contributed by atoms with E-state index < -0.39 is 5.60 Å². The summed E-state index contributed by atoms with van der Waals surface area (Å²) in [5.74, 6) is 0. The first-order valence-corrected chi connectivity index (χ1v) is 8.98. The molecule has 0 aromatic heterocycles. The summed E-state index contributed by atoms with van der Waals surface area (Å²) in [6.07, 6.45) is 9.30. The van der Waals surface area contributed by atoms with E-state index in [4.69, 9.17) is 0 Å². The van der Waals surface area contributed by atoms with Crippen molar-refractivity contribution in [2.24, 2.45) is 0 Å². The number of carbonyl (C=O) groups is 1. The second-order valence-electron chi connectivity index (χ2n) is 7.19. The molecule has 23 heavy (non-hydrogen) atoms. The van der Waals surface area contributed by atoms with Crippen molar-refractivity contribution >= 4 is 6.03 Å². The number of amides is 2. The Kier molecular flexibility index (Phi) is 5.21. The quantitative estimate of drug-likeness (QED) is 0.751. The molecule has 126 valence electrons. The molecule has 4 heteroatoms. The van der Waals surface area contributed by atoms with E-state index in [-0.39, 0.29) is 6.03 Å². The predicted molar refractivity (Wildman–Crippen MR) is 91.4 cm³/mol. The summed E-state index contributed by atoms with van der Waals surface area (Å²) in [4.78, 5) is 12.1. The number of benzene rings is 1. The highest BCUT2D eigenvalue weighted by Crippen LogP contribution is 2.28. The molecule has 4 nitrogen and oxygen atoms in total. The van der Waals surface area contributed by atoms with E-state index in [0.29, 0.717) is 25.4 Å². The maximum absolute atomic E-state index is 12.1. The number of urea groups is 1. The van der Waals surface area contributed by atoms with Crippen LogP contribution in [0, 0.1) is 0 Å². The van der Waals surface area contributed by atoms with Crippen LogP contribution in [0.1, 0.15) is 56.1 Å². The smallest absolute Gasteiger partial charge is 0.315 e. The molecule has 0 radical (unpaired) electrons. The zero-order valence-electron chi connectivity index (χ0n) is 13.8. The Morgan fingerprint density at radius 2 is 1.83 bits per heavy atom. The molecule has 1 fully saturated rings. The molecule has 1 aromatic carbocycles. The minimum atomic E-state index is -0.824. The van der Waals surface area contributed by atoms with Crippen LogP contribution in [-0.2, 0) is 12.8 Å². The third-order valence-corrected chi connectivity index (χ3v) is 5.27. The first-order chi connectivity index (χ1) is 11.1. The fourth-order valence-electron chi connectivity index (χ4n) is 3.84. The van der Waals surface area contributed by atoms with E-state index in [0.717, 1.165) is 19.3 Å². The molecule has 3 N–H and O–H groups in total. The first-order valence-electron chi connectivity index (χ1n) is 8.98. The maximum atomic E-state index is 12.1. The van der Waals surface area contributed by atoms with Crippen LogP contribution in [0.4, 0.5) is 4.79 Å². The van der Waals surface area contributed by atoms with Gasteiger partial charge in [0.15, 0.2) is 0 Å². The van der Waals surface area contributed by atoms with Crippen molar-refractivity contribution in [3.05, 3.63) is 35.4 Å². The molecule has 0 spiro atoms. The summed E-state index contributed by atoms with van der Waals surface area (Å²) in [5, 5.41) is 16.7. The molecule has 1 unspecified atom stereocenters. The zero-order valence-corrected chi connectivity index (χ0v) is 13.8. The van der Waals surface area contributed by atoms with Gasteiger partial charge in [0.2, 0.25) is 0 Å². The van der Waals surface area contributed by atoms with Crippen molar-refractivity contribution in [1.29, 1.82) is 0 Å². The predicted octanol–water partition coefficient (Wildman–Crippen LogP) is 2.93. The van der Waals surface area contributed by atoms with E-state index >= 15 is 0 Å². The number of hydrogen-bond donors (Lipinski definition) is 3. The Morgan fingerprint density at radius 1 is 1.13 bits per heavy atom. The molecule has 2 amide bonds. The van der Waals surface area contributed by atoms with Crippen molar-refractivity contribution in [2.75, 3.05) is 6.54 Å². The molecule has 0 aliphatic heterocycles. The molecule has 0 saturated heterocycles. The highest BCUT2D eigenvalue weighted by molar-refractivity contribution is 5.74. The Bertz CT molecular complexity index is 538. The van der Waals surface area contributed by atoms with Crippen LogP contribution in [-0.4, -0.2) is 29.3 Å². The largest absolute Gasteiger partial charge is 0.388 e. The normalized spacial score (nSPS) is 25.3. The van der Waals surface area contributed by atoms with E-state index in [9.17, 15) is 9.90 Å². The lowest BCUT2D eigenvalue weighted by Crippen LogP contribution is -2.50. The summed E-state index contributed by atoms with van der Waals surface area (Å²) >= 11 is 0. The summed E-state index contributed by atoms with van der Waals surface area (Å²) in [6, 6.07) is 8.41. The third-order valence-electron chi connectivity index (χ3n) is 5.27. The lowest BCUT2D eigenvalue weighted by Gasteiger charge is -2.33. The standard InChI is InChI=1S/C19H28N2O2/c22-18(21-17-9-3-1-2-4-10-17)20-14-19(23)12-11-15-7-5-6-8-16(15)13-19/h5-8,17,23H,1-4,9-14H2,(H2,20,21,22). The van der Waals surface area contributed by atoms with Gasteiger partial charge in [0, 0.05) is 19.0 Å². The van der Waals surface area contributed by atoms with Gasteiger partial charge in [0.1, 0.15) is 0 Å². The van der Waals surface area contributed by atoms with Gasteiger partial charge in [-0.2, -0.15) is 0 Å². The Hall–Kier alpha value is -1.55. The van der Waals surface area contributed by atoms with Gasteiger partial charge in [-0.1, -0.05) is 49.9 Å². The van der Waals surface area contributed by atoms with E-state index in [1.807, 2.05) is 12.1 Å². The second-order valence-corrected chi connectivity index (χ2v) is 7.19. The number of aryl methyl sites for hydroxylation is 1.